The predicted octanol–water partition coefficient (Wildman–Crippen LogP) is 13.9. The van der Waals surface area contributed by atoms with Crippen molar-refractivity contribution in [2.24, 2.45) is 0 Å². The Morgan fingerprint density at radius 1 is 0.339 bits per heavy atom. The van der Waals surface area contributed by atoms with Crippen LogP contribution in [0.2, 0.25) is 0 Å². The van der Waals surface area contributed by atoms with E-state index in [9.17, 15) is 0 Å². The average Bonchev–Trinajstić information content (AvgIpc) is 4.01. The molecule has 4 heterocycles. The van der Waals surface area contributed by atoms with Crippen molar-refractivity contribution in [2.45, 2.75) is 0 Å². The molecule has 0 saturated heterocycles. The fourth-order valence-electron chi connectivity index (χ4n) is 8.62. The first kappa shape index (κ1) is 33.5. The quantitative estimate of drug-likeness (QED) is 0.169. The molecule has 0 aliphatic heterocycles. The normalized spacial score (nSPS) is 11.7. The summed E-state index contributed by atoms with van der Waals surface area (Å²) in [6.07, 6.45) is 2.20. The number of nitrogens with zero attached hydrogens (tertiary/aromatic N) is 5. The molecule has 0 N–H and O–H groups in total. The first-order chi connectivity index (χ1) is 29.2. The van der Waals surface area contributed by atoms with Gasteiger partial charge in [0, 0.05) is 70.6 Å². The highest BCUT2D eigenvalue weighted by Gasteiger charge is 2.20. The van der Waals surface area contributed by atoms with Gasteiger partial charge in [-0.05, 0) is 71.8 Å². The van der Waals surface area contributed by atoms with Crippen LogP contribution in [0.5, 0.6) is 0 Å². The Morgan fingerprint density at radius 2 is 0.932 bits per heavy atom. The van der Waals surface area contributed by atoms with E-state index in [1.165, 1.54) is 52.9 Å². The smallest absolute Gasteiger partial charge is 0.164 e. The van der Waals surface area contributed by atoms with Crippen molar-refractivity contribution < 1.29 is 0 Å². The van der Waals surface area contributed by atoms with E-state index >= 15 is 0 Å². The lowest BCUT2D eigenvalue weighted by Gasteiger charge is -2.13. The topological polar surface area (TPSA) is 48.5 Å². The third-order valence-corrected chi connectivity index (χ3v) is 12.5. The zero-order valence-electron chi connectivity index (χ0n) is 31.7. The molecule has 6 heteroatoms. The highest BCUT2D eigenvalue weighted by molar-refractivity contribution is 7.25. The fraction of sp³-hybridized carbons (Fsp3) is 0. The first-order valence-corrected chi connectivity index (χ1v) is 20.6. The Hall–Kier alpha value is -7.67. The molecule has 0 atom stereocenters. The second-order valence-corrected chi connectivity index (χ2v) is 16.0. The van der Waals surface area contributed by atoms with Gasteiger partial charge in [-0.1, -0.05) is 133 Å². The third kappa shape index (κ3) is 5.57. The van der Waals surface area contributed by atoms with E-state index in [0.717, 1.165) is 39.2 Å². The van der Waals surface area contributed by atoms with E-state index in [-0.39, 0.29) is 0 Å². The minimum atomic E-state index is 0.635. The van der Waals surface area contributed by atoms with Gasteiger partial charge in [0.2, 0.25) is 0 Å². The Balaban J connectivity index is 1.05. The molecule has 0 radical (unpaired) electrons. The van der Waals surface area contributed by atoms with Gasteiger partial charge in [-0.3, -0.25) is 0 Å². The number of hydrogen-bond donors (Lipinski definition) is 0. The number of aromatic nitrogens is 5. The van der Waals surface area contributed by atoms with Crippen molar-refractivity contribution in [3.8, 4) is 56.7 Å². The highest BCUT2D eigenvalue weighted by Crippen LogP contribution is 2.43. The summed E-state index contributed by atoms with van der Waals surface area (Å²) in [6.45, 7) is 0. The molecule has 0 spiro atoms. The number of thiophene rings is 1. The van der Waals surface area contributed by atoms with Crippen molar-refractivity contribution in [1.29, 1.82) is 0 Å². The summed E-state index contributed by atoms with van der Waals surface area (Å²) >= 11 is 1.87. The molecule has 12 aromatic rings. The van der Waals surface area contributed by atoms with Gasteiger partial charge in [0.1, 0.15) is 0 Å². The van der Waals surface area contributed by atoms with Crippen LogP contribution in [-0.2, 0) is 0 Å². The Kier molecular flexibility index (Phi) is 7.64. The predicted molar refractivity (Wildman–Crippen MR) is 246 cm³/mol. The number of fused-ring (bicyclic) bond motifs is 8. The first-order valence-electron chi connectivity index (χ1n) is 19.8. The fourth-order valence-corrected chi connectivity index (χ4v) is 9.75. The van der Waals surface area contributed by atoms with E-state index < -0.39 is 0 Å². The van der Waals surface area contributed by atoms with E-state index in [2.05, 4.69) is 149 Å². The van der Waals surface area contributed by atoms with Crippen molar-refractivity contribution in [3.05, 3.63) is 200 Å². The van der Waals surface area contributed by atoms with Gasteiger partial charge in [-0.2, -0.15) is 0 Å². The van der Waals surface area contributed by atoms with Gasteiger partial charge in [0.15, 0.2) is 17.5 Å². The molecule has 0 unspecified atom stereocenters. The standard InChI is InChI=1S/C53H33N5S/c1-4-14-34(15-5-1)51-54-52(35-16-6-2-7-17-35)56-53(55-51)38-20-12-18-36(30-38)37-19-13-23-40(31-37)58-47-32-45-41-24-10-11-25-48(41)59-49(45)33-44(47)42-26-27-46-43(50(42)58)28-29-57(46)39-21-8-3-9-22-39/h1-33H. The molecule has 0 aliphatic rings. The Morgan fingerprint density at radius 3 is 1.68 bits per heavy atom. The van der Waals surface area contributed by atoms with Crippen LogP contribution >= 0.6 is 11.3 Å². The van der Waals surface area contributed by atoms with Crippen molar-refractivity contribution in [2.75, 3.05) is 0 Å². The van der Waals surface area contributed by atoms with Crippen molar-refractivity contribution in [3.63, 3.8) is 0 Å². The Labute approximate surface area is 343 Å². The molecule has 0 fully saturated rings. The van der Waals surface area contributed by atoms with Gasteiger partial charge in [0.25, 0.3) is 0 Å². The monoisotopic (exact) mass is 771 g/mol. The SMILES string of the molecule is c1ccc(-c2nc(-c3ccccc3)nc(-c3cccc(-c4cccc(-n5c6cc7c(cc6c6ccc8c(ccn8-c8ccccc8)c65)sc5ccccc57)c4)c3)n2)cc1. The maximum atomic E-state index is 5.03. The second-order valence-electron chi connectivity index (χ2n) is 14.9. The lowest BCUT2D eigenvalue weighted by Crippen LogP contribution is -2.00. The average molecular weight is 772 g/mol. The van der Waals surface area contributed by atoms with Crippen LogP contribution in [0.15, 0.2) is 200 Å². The molecule has 12 rings (SSSR count). The van der Waals surface area contributed by atoms with Gasteiger partial charge in [0.05, 0.1) is 16.6 Å². The molecule has 0 saturated carbocycles. The summed E-state index contributed by atoms with van der Waals surface area (Å²) in [5, 5.41) is 6.27. The van der Waals surface area contributed by atoms with Gasteiger partial charge >= 0.3 is 0 Å². The number of hydrogen-bond acceptors (Lipinski definition) is 4. The maximum absolute atomic E-state index is 5.03. The highest BCUT2D eigenvalue weighted by atomic mass is 32.1. The van der Waals surface area contributed by atoms with E-state index in [0.29, 0.717) is 17.5 Å². The summed E-state index contributed by atoms with van der Waals surface area (Å²) in [5.41, 5.74) is 10.8. The van der Waals surface area contributed by atoms with Crippen LogP contribution in [0.1, 0.15) is 0 Å². The zero-order chi connectivity index (χ0) is 38.9. The van der Waals surface area contributed by atoms with Gasteiger partial charge < -0.3 is 9.13 Å². The zero-order valence-corrected chi connectivity index (χ0v) is 32.5. The lowest BCUT2D eigenvalue weighted by atomic mass is 10.0. The van der Waals surface area contributed by atoms with E-state index in [4.69, 9.17) is 15.0 Å². The van der Waals surface area contributed by atoms with Crippen LogP contribution in [0.3, 0.4) is 0 Å². The van der Waals surface area contributed by atoms with Crippen LogP contribution in [0.25, 0.3) is 110 Å². The summed E-state index contributed by atoms with van der Waals surface area (Å²) in [7, 11) is 0. The summed E-state index contributed by atoms with van der Waals surface area (Å²) < 4.78 is 7.37. The van der Waals surface area contributed by atoms with Crippen molar-refractivity contribution in [1.82, 2.24) is 24.1 Å². The molecule has 0 amide bonds. The third-order valence-electron chi connectivity index (χ3n) is 11.4. The minimum Gasteiger partial charge on any atom is -0.316 e. The van der Waals surface area contributed by atoms with Gasteiger partial charge in [-0.15, -0.1) is 11.3 Å². The minimum absolute atomic E-state index is 0.635. The number of rotatable bonds is 6. The molecule has 5 nitrogen and oxygen atoms in total. The Bertz CT molecular complexity index is 3490. The number of para-hydroxylation sites is 1. The molecule has 8 aromatic carbocycles. The lowest BCUT2D eigenvalue weighted by molar-refractivity contribution is 1.07. The van der Waals surface area contributed by atoms with Crippen molar-refractivity contribution >= 4 is 64.2 Å². The van der Waals surface area contributed by atoms with Crippen LogP contribution in [0, 0.1) is 0 Å². The second kappa shape index (κ2) is 13.5. The summed E-state index contributed by atoms with van der Waals surface area (Å²) in [5.74, 6) is 1.93. The van der Waals surface area contributed by atoms with Crippen LogP contribution in [-0.4, -0.2) is 24.1 Å². The molecular weight excluding hydrogens is 739 g/mol. The summed E-state index contributed by atoms with van der Waals surface area (Å²) in [6, 6.07) is 68.7. The molecule has 59 heavy (non-hydrogen) atoms. The maximum Gasteiger partial charge on any atom is 0.164 e. The largest absolute Gasteiger partial charge is 0.316 e. The van der Waals surface area contributed by atoms with Crippen LogP contribution in [0.4, 0.5) is 0 Å². The summed E-state index contributed by atoms with van der Waals surface area (Å²) in [4.78, 5) is 15.0. The molecule has 4 aromatic heterocycles. The van der Waals surface area contributed by atoms with E-state index in [1.54, 1.807) is 0 Å². The molecule has 0 bridgehead atoms. The van der Waals surface area contributed by atoms with Crippen LogP contribution < -0.4 is 0 Å². The molecule has 0 aliphatic carbocycles. The number of benzene rings is 8. The molecule has 276 valence electrons. The molecular formula is C53H33N5S. The van der Waals surface area contributed by atoms with E-state index in [1.807, 2.05) is 72.0 Å². The van der Waals surface area contributed by atoms with Gasteiger partial charge in [-0.25, -0.2) is 15.0 Å².